The van der Waals surface area contributed by atoms with Gasteiger partial charge >= 0.3 is 0 Å². The molecular formula is C23H25N3O2. The number of carbonyl (C=O) groups excluding carboxylic acids is 1. The normalized spacial score (nSPS) is 14.6. The molecule has 1 aliphatic heterocycles. The Labute approximate surface area is 165 Å². The van der Waals surface area contributed by atoms with Crippen LogP contribution in [-0.2, 0) is 6.42 Å². The lowest BCUT2D eigenvalue weighted by Crippen LogP contribution is -2.24. The highest BCUT2D eigenvalue weighted by Crippen LogP contribution is 2.42. The first-order valence-electron chi connectivity index (χ1n) is 9.75. The Bertz CT molecular complexity index is 1070. The Balaban J connectivity index is 1.92. The number of ketones is 1. The highest BCUT2D eigenvalue weighted by atomic mass is 16.5. The Kier molecular flexibility index (Phi) is 4.53. The minimum atomic E-state index is -0.247. The number of Topliss-reactive ketones (excluding diaryl/α,β-unsaturated/α-hetero) is 1. The molecule has 3 aromatic rings. The summed E-state index contributed by atoms with van der Waals surface area (Å²) in [5.41, 5.74) is 4.83. The molecule has 1 aliphatic rings. The molecule has 0 atom stereocenters. The maximum Gasteiger partial charge on any atom is 0.166 e. The molecule has 0 aliphatic carbocycles. The third-order valence-corrected chi connectivity index (χ3v) is 5.11. The van der Waals surface area contributed by atoms with Gasteiger partial charge in [-0.15, -0.1) is 0 Å². The van der Waals surface area contributed by atoms with Crippen LogP contribution in [0.1, 0.15) is 55.2 Å². The first-order valence-corrected chi connectivity index (χ1v) is 9.75. The quantitative estimate of drug-likeness (QED) is 0.607. The zero-order valence-electron chi connectivity index (χ0n) is 16.8. The van der Waals surface area contributed by atoms with E-state index in [4.69, 9.17) is 4.74 Å². The standard InChI is InChI=1S/C23H25N3O2/c1-5-7-19(27)17-13-25-21-16(10-9-15-12-23(3,4)28-22(15)21)20(17)26-18-8-6-11-24-14(18)2/h6,8-11,13H,5,7,12H2,1-4H3,(H,25,26). The fourth-order valence-corrected chi connectivity index (χ4v) is 3.76. The number of nitrogens with one attached hydrogen (secondary N) is 1. The summed E-state index contributed by atoms with van der Waals surface area (Å²) >= 11 is 0. The van der Waals surface area contributed by atoms with Gasteiger partial charge in [-0.05, 0) is 39.3 Å². The van der Waals surface area contributed by atoms with Gasteiger partial charge in [-0.1, -0.05) is 19.1 Å². The second-order valence-electron chi connectivity index (χ2n) is 7.97. The molecule has 1 aromatic carbocycles. The molecule has 4 rings (SSSR count). The average molecular weight is 375 g/mol. The summed E-state index contributed by atoms with van der Waals surface area (Å²) < 4.78 is 6.20. The molecule has 5 heteroatoms. The van der Waals surface area contributed by atoms with Crippen LogP contribution in [0, 0.1) is 6.92 Å². The summed E-state index contributed by atoms with van der Waals surface area (Å²) in [5, 5.41) is 4.35. The van der Waals surface area contributed by atoms with E-state index in [0.29, 0.717) is 12.0 Å². The highest BCUT2D eigenvalue weighted by Gasteiger charge is 2.32. The number of rotatable bonds is 5. The van der Waals surface area contributed by atoms with E-state index in [1.165, 1.54) is 0 Å². The number of anilines is 2. The van der Waals surface area contributed by atoms with Crippen LogP contribution in [0.3, 0.4) is 0 Å². The van der Waals surface area contributed by atoms with E-state index >= 15 is 0 Å². The zero-order chi connectivity index (χ0) is 19.9. The van der Waals surface area contributed by atoms with Crippen molar-refractivity contribution in [2.45, 2.75) is 52.6 Å². The van der Waals surface area contributed by atoms with Crippen molar-refractivity contribution in [3.63, 3.8) is 0 Å². The lowest BCUT2D eigenvalue weighted by molar-refractivity contribution is 0.0982. The predicted molar refractivity (Wildman–Crippen MR) is 112 cm³/mol. The number of benzene rings is 1. The van der Waals surface area contributed by atoms with Crippen molar-refractivity contribution in [1.29, 1.82) is 0 Å². The van der Waals surface area contributed by atoms with Gasteiger partial charge in [-0.2, -0.15) is 0 Å². The van der Waals surface area contributed by atoms with Gasteiger partial charge in [-0.3, -0.25) is 14.8 Å². The molecule has 0 spiro atoms. The lowest BCUT2D eigenvalue weighted by atomic mass is 9.98. The molecular weight excluding hydrogens is 350 g/mol. The smallest absolute Gasteiger partial charge is 0.166 e. The molecule has 0 unspecified atom stereocenters. The predicted octanol–water partition coefficient (Wildman–Crippen LogP) is 5.38. The molecule has 0 saturated carbocycles. The molecule has 28 heavy (non-hydrogen) atoms. The Hall–Kier alpha value is -2.95. The second kappa shape index (κ2) is 6.89. The van der Waals surface area contributed by atoms with E-state index in [2.05, 4.69) is 35.2 Å². The van der Waals surface area contributed by atoms with Crippen molar-refractivity contribution in [2.75, 3.05) is 5.32 Å². The molecule has 0 fully saturated rings. The third kappa shape index (κ3) is 3.21. The van der Waals surface area contributed by atoms with Crippen molar-refractivity contribution >= 4 is 28.1 Å². The zero-order valence-corrected chi connectivity index (χ0v) is 16.8. The SMILES string of the molecule is CCCC(=O)c1cnc2c3c(ccc2c1Nc1cccnc1C)CC(C)(C)O3. The average Bonchev–Trinajstić information content (AvgIpc) is 2.98. The second-order valence-corrected chi connectivity index (χ2v) is 7.97. The number of fused-ring (bicyclic) bond motifs is 3. The maximum atomic E-state index is 12.8. The molecule has 0 saturated heterocycles. The van der Waals surface area contributed by atoms with Gasteiger partial charge in [0.05, 0.1) is 22.6 Å². The Morgan fingerprint density at radius 1 is 1.25 bits per heavy atom. The Morgan fingerprint density at radius 2 is 2.07 bits per heavy atom. The summed E-state index contributed by atoms with van der Waals surface area (Å²) in [4.78, 5) is 21.8. The number of aromatic nitrogens is 2. The van der Waals surface area contributed by atoms with Crippen LogP contribution in [0.2, 0.25) is 0 Å². The van der Waals surface area contributed by atoms with Crippen molar-refractivity contribution in [2.24, 2.45) is 0 Å². The van der Waals surface area contributed by atoms with Crippen LogP contribution in [0.4, 0.5) is 11.4 Å². The number of aryl methyl sites for hydroxylation is 1. The van der Waals surface area contributed by atoms with Gasteiger partial charge in [0.25, 0.3) is 0 Å². The first-order chi connectivity index (χ1) is 13.4. The first kappa shape index (κ1) is 18.4. The Morgan fingerprint density at radius 3 is 2.82 bits per heavy atom. The molecule has 0 radical (unpaired) electrons. The molecule has 2 aromatic heterocycles. The fourth-order valence-electron chi connectivity index (χ4n) is 3.76. The number of ether oxygens (including phenoxy) is 1. The third-order valence-electron chi connectivity index (χ3n) is 5.11. The van der Waals surface area contributed by atoms with Crippen LogP contribution >= 0.6 is 0 Å². The number of hydrogen-bond acceptors (Lipinski definition) is 5. The molecule has 5 nitrogen and oxygen atoms in total. The van der Waals surface area contributed by atoms with Crippen LogP contribution in [0.15, 0.2) is 36.7 Å². The van der Waals surface area contributed by atoms with Crippen molar-refractivity contribution in [3.8, 4) is 5.75 Å². The van der Waals surface area contributed by atoms with Gasteiger partial charge in [0.15, 0.2) is 5.78 Å². The summed E-state index contributed by atoms with van der Waals surface area (Å²) in [7, 11) is 0. The summed E-state index contributed by atoms with van der Waals surface area (Å²) in [6, 6.07) is 7.98. The molecule has 1 N–H and O–H groups in total. The van der Waals surface area contributed by atoms with E-state index in [1.807, 2.05) is 32.0 Å². The highest BCUT2D eigenvalue weighted by molar-refractivity contribution is 6.10. The van der Waals surface area contributed by atoms with Crippen LogP contribution in [-0.4, -0.2) is 21.4 Å². The van der Waals surface area contributed by atoms with Crippen molar-refractivity contribution in [3.05, 3.63) is 53.5 Å². The van der Waals surface area contributed by atoms with Gasteiger partial charge in [0.1, 0.15) is 16.9 Å². The van der Waals surface area contributed by atoms with Crippen LogP contribution in [0.25, 0.3) is 10.9 Å². The number of pyridine rings is 2. The molecule has 0 bridgehead atoms. The fraction of sp³-hybridized carbons (Fsp3) is 0.348. The van der Waals surface area contributed by atoms with E-state index < -0.39 is 0 Å². The van der Waals surface area contributed by atoms with Crippen LogP contribution < -0.4 is 10.1 Å². The lowest BCUT2D eigenvalue weighted by Gasteiger charge is -2.18. The summed E-state index contributed by atoms with van der Waals surface area (Å²) in [5.74, 6) is 0.908. The molecule has 0 amide bonds. The van der Waals surface area contributed by atoms with Gasteiger partial charge in [-0.25, -0.2) is 0 Å². The van der Waals surface area contributed by atoms with Gasteiger partial charge < -0.3 is 10.1 Å². The van der Waals surface area contributed by atoms with Gasteiger partial charge in [0, 0.05) is 36.2 Å². The summed E-state index contributed by atoms with van der Waals surface area (Å²) in [6.45, 7) is 8.11. The van der Waals surface area contributed by atoms with E-state index in [-0.39, 0.29) is 11.4 Å². The maximum absolute atomic E-state index is 12.8. The minimum absolute atomic E-state index is 0.0858. The van der Waals surface area contributed by atoms with E-state index in [0.717, 1.165) is 52.1 Å². The largest absolute Gasteiger partial charge is 0.485 e. The molecule has 3 heterocycles. The topological polar surface area (TPSA) is 64.1 Å². The van der Waals surface area contributed by atoms with Gasteiger partial charge in [0.2, 0.25) is 0 Å². The van der Waals surface area contributed by atoms with E-state index in [9.17, 15) is 4.79 Å². The number of carbonyl (C=O) groups is 1. The van der Waals surface area contributed by atoms with Crippen molar-refractivity contribution in [1.82, 2.24) is 9.97 Å². The van der Waals surface area contributed by atoms with Crippen LogP contribution in [0.5, 0.6) is 5.75 Å². The summed E-state index contributed by atoms with van der Waals surface area (Å²) in [6.07, 6.45) is 5.58. The number of nitrogens with zero attached hydrogens (tertiary/aromatic N) is 2. The monoisotopic (exact) mass is 375 g/mol. The van der Waals surface area contributed by atoms with E-state index in [1.54, 1.807) is 12.4 Å². The number of hydrogen-bond donors (Lipinski definition) is 1. The molecule has 144 valence electrons. The van der Waals surface area contributed by atoms with Crippen molar-refractivity contribution < 1.29 is 9.53 Å². The minimum Gasteiger partial charge on any atom is -0.485 e.